The molecular weight excluding hydrogens is 338 g/mol. The molecule has 0 aromatic carbocycles. The Kier molecular flexibility index (Phi) is 8.73. The fraction of sp³-hybridized carbons (Fsp3) is 0.727. The van der Waals surface area contributed by atoms with E-state index in [0.29, 0.717) is 0 Å². The summed E-state index contributed by atoms with van der Waals surface area (Å²) in [6.07, 6.45) is 9.49. The highest BCUT2D eigenvalue weighted by molar-refractivity contribution is 5.94. The van der Waals surface area contributed by atoms with Crippen molar-refractivity contribution >= 4 is 11.8 Å². The van der Waals surface area contributed by atoms with E-state index in [1.807, 2.05) is 54.7 Å². The van der Waals surface area contributed by atoms with Crippen LogP contribution in [0.3, 0.4) is 0 Å². The van der Waals surface area contributed by atoms with Gasteiger partial charge >= 0.3 is 0 Å². The van der Waals surface area contributed by atoms with Crippen molar-refractivity contribution in [2.75, 3.05) is 20.1 Å². The second kappa shape index (κ2) is 10.1. The van der Waals surface area contributed by atoms with Gasteiger partial charge in [-0.1, -0.05) is 12.2 Å². The summed E-state index contributed by atoms with van der Waals surface area (Å²) in [6, 6.07) is 0. The molecule has 0 aromatic rings. The monoisotopic (exact) mass is 377 g/mol. The van der Waals surface area contributed by atoms with Crippen LogP contribution in [0.1, 0.15) is 73.6 Å². The number of nitrogens with zero attached hydrogens (tertiary/aromatic N) is 1. The van der Waals surface area contributed by atoms with Gasteiger partial charge in [0, 0.05) is 35.3 Å². The summed E-state index contributed by atoms with van der Waals surface area (Å²) < 4.78 is 0. The van der Waals surface area contributed by atoms with E-state index in [-0.39, 0.29) is 22.9 Å². The van der Waals surface area contributed by atoms with Gasteiger partial charge in [-0.3, -0.25) is 9.59 Å². The van der Waals surface area contributed by atoms with Gasteiger partial charge < -0.3 is 15.5 Å². The molecule has 27 heavy (non-hydrogen) atoms. The maximum Gasteiger partial charge on any atom is 0.248 e. The van der Waals surface area contributed by atoms with E-state index >= 15 is 0 Å². The van der Waals surface area contributed by atoms with Crippen molar-refractivity contribution in [1.82, 2.24) is 15.5 Å². The Labute approximate surface area is 165 Å². The normalized spacial score (nSPS) is 18.5. The minimum absolute atomic E-state index is 0.0732. The second-order valence-electron chi connectivity index (χ2n) is 9.64. The van der Waals surface area contributed by atoms with Crippen LogP contribution >= 0.6 is 0 Å². The highest BCUT2D eigenvalue weighted by Crippen LogP contribution is 2.18. The number of nitrogens with one attached hydrogen (secondary N) is 2. The summed E-state index contributed by atoms with van der Waals surface area (Å²) in [5.41, 5.74) is 1.61. The number of carbonyl (C=O) groups is 2. The number of carbonyl (C=O) groups excluding carboxylic acids is 2. The van der Waals surface area contributed by atoms with Crippen LogP contribution in [0.15, 0.2) is 23.3 Å². The molecule has 0 saturated carbocycles. The average molecular weight is 378 g/mol. The van der Waals surface area contributed by atoms with E-state index in [9.17, 15) is 9.59 Å². The lowest BCUT2D eigenvalue weighted by Gasteiger charge is -2.26. The van der Waals surface area contributed by atoms with Gasteiger partial charge in [-0.2, -0.15) is 0 Å². The Morgan fingerprint density at radius 3 is 1.81 bits per heavy atom. The summed E-state index contributed by atoms with van der Waals surface area (Å²) in [4.78, 5) is 25.6. The van der Waals surface area contributed by atoms with Crippen molar-refractivity contribution in [1.29, 1.82) is 0 Å². The molecule has 1 heterocycles. The molecule has 0 radical (unpaired) electrons. The molecule has 5 nitrogen and oxygen atoms in total. The number of hydrogen-bond donors (Lipinski definition) is 2. The molecule has 5 heteroatoms. The van der Waals surface area contributed by atoms with Gasteiger partial charge in [0.05, 0.1) is 0 Å². The SMILES string of the molecule is CC(C)(C)NC(=O)C1=CCCCC1.CN1CCC=C(C(=O)NC(C)(C)C)C1. The molecular formula is C22H39N3O2. The lowest BCUT2D eigenvalue weighted by molar-refractivity contribution is -0.120. The molecule has 2 N–H and O–H groups in total. The summed E-state index contributed by atoms with van der Waals surface area (Å²) in [5.74, 6) is 0.191. The van der Waals surface area contributed by atoms with Crippen LogP contribution in [0.4, 0.5) is 0 Å². The zero-order valence-corrected chi connectivity index (χ0v) is 18.4. The fourth-order valence-corrected chi connectivity index (χ4v) is 2.94. The van der Waals surface area contributed by atoms with E-state index in [2.05, 4.69) is 21.6 Å². The number of hydrogen-bond acceptors (Lipinski definition) is 3. The van der Waals surface area contributed by atoms with Gasteiger partial charge in [0.15, 0.2) is 0 Å². The Morgan fingerprint density at radius 2 is 1.37 bits per heavy atom. The second-order valence-corrected chi connectivity index (χ2v) is 9.64. The lowest BCUT2D eigenvalue weighted by atomic mass is 9.98. The molecule has 0 saturated heterocycles. The van der Waals surface area contributed by atoms with E-state index < -0.39 is 0 Å². The quantitative estimate of drug-likeness (QED) is 0.773. The van der Waals surface area contributed by atoms with Crippen molar-refractivity contribution in [2.45, 2.75) is 84.7 Å². The highest BCUT2D eigenvalue weighted by atomic mass is 16.2. The molecule has 2 amide bonds. The standard InChI is InChI=1S/C11H20N2O.C11H19NO/c1-11(2,3)12-10(14)9-6-5-7-13(4)8-9;1-11(2,3)12-10(13)9-7-5-4-6-8-9/h6H,5,7-8H2,1-4H3,(H,12,14);7H,4-6,8H2,1-3H3,(H,12,13). The molecule has 0 spiro atoms. The Hall–Kier alpha value is -1.62. The average Bonchev–Trinajstić information content (AvgIpc) is 2.53. The van der Waals surface area contributed by atoms with E-state index in [1.165, 1.54) is 6.42 Å². The molecule has 0 aromatic heterocycles. The molecule has 0 fully saturated rings. The third-order valence-electron chi connectivity index (χ3n) is 4.19. The minimum Gasteiger partial charge on any atom is -0.348 e. The molecule has 2 aliphatic rings. The number of amides is 2. The zero-order valence-electron chi connectivity index (χ0n) is 18.4. The first-order valence-corrected chi connectivity index (χ1v) is 10.1. The third-order valence-corrected chi connectivity index (χ3v) is 4.19. The topological polar surface area (TPSA) is 61.4 Å². The Balaban J connectivity index is 0.000000271. The largest absolute Gasteiger partial charge is 0.348 e. The summed E-state index contributed by atoms with van der Waals surface area (Å²) in [5, 5.41) is 5.96. The molecule has 0 atom stereocenters. The molecule has 0 unspecified atom stereocenters. The fourth-order valence-electron chi connectivity index (χ4n) is 2.94. The Morgan fingerprint density at radius 1 is 0.852 bits per heavy atom. The predicted octanol–water partition coefficient (Wildman–Crippen LogP) is 3.56. The first-order valence-electron chi connectivity index (χ1n) is 10.1. The highest BCUT2D eigenvalue weighted by Gasteiger charge is 2.20. The lowest BCUT2D eigenvalue weighted by Crippen LogP contribution is -2.43. The molecule has 1 aliphatic heterocycles. The minimum atomic E-state index is -0.145. The first kappa shape index (κ1) is 23.4. The summed E-state index contributed by atoms with van der Waals surface area (Å²) in [6.45, 7) is 13.8. The Bertz CT molecular complexity index is 577. The van der Waals surface area contributed by atoms with Crippen LogP contribution in [0.25, 0.3) is 0 Å². The van der Waals surface area contributed by atoms with Gasteiger partial charge in [0.1, 0.15) is 0 Å². The summed E-state index contributed by atoms with van der Waals surface area (Å²) in [7, 11) is 2.04. The molecule has 1 aliphatic carbocycles. The number of allylic oxidation sites excluding steroid dienone is 1. The van der Waals surface area contributed by atoms with Crippen molar-refractivity contribution in [2.24, 2.45) is 0 Å². The van der Waals surface area contributed by atoms with Gasteiger partial charge in [0.25, 0.3) is 0 Å². The van der Waals surface area contributed by atoms with Crippen LogP contribution < -0.4 is 10.6 Å². The maximum absolute atomic E-state index is 11.8. The predicted molar refractivity (Wildman–Crippen MR) is 113 cm³/mol. The molecule has 2 rings (SSSR count). The molecule has 0 bridgehead atoms. The van der Waals surface area contributed by atoms with Gasteiger partial charge in [-0.05, 0) is 80.7 Å². The van der Waals surface area contributed by atoms with E-state index in [1.54, 1.807) is 0 Å². The zero-order chi connectivity index (χ0) is 20.7. The van der Waals surface area contributed by atoms with Gasteiger partial charge in [-0.15, -0.1) is 0 Å². The van der Waals surface area contributed by atoms with E-state index in [0.717, 1.165) is 49.9 Å². The number of likely N-dealkylation sites (N-methyl/N-ethyl adjacent to an activating group) is 1. The van der Waals surface area contributed by atoms with Crippen molar-refractivity contribution in [3.05, 3.63) is 23.3 Å². The van der Waals surface area contributed by atoms with Gasteiger partial charge in [0.2, 0.25) is 11.8 Å². The van der Waals surface area contributed by atoms with E-state index in [4.69, 9.17) is 0 Å². The van der Waals surface area contributed by atoms with Crippen molar-refractivity contribution in [3.63, 3.8) is 0 Å². The third kappa shape index (κ3) is 10.3. The molecule has 154 valence electrons. The van der Waals surface area contributed by atoms with Crippen molar-refractivity contribution in [3.8, 4) is 0 Å². The number of rotatable bonds is 2. The van der Waals surface area contributed by atoms with Gasteiger partial charge in [-0.25, -0.2) is 0 Å². The maximum atomic E-state index is 11.8. The van der Waals surface area contributed by atoms with Crippen LogP contribution in [-0.4, -0.2) is 47.9 Å². The van der Waals surface area contributed by atoms with Crippen LogP contribution in [0, 0.1) is 0 Å². The van der Waals surface area contributed by atoms with Crippen LogP contribution in [0.5, 0.6) is 0 Å². The van der Waals surface area contributed by atoms with Crippen molar-refractivity contribution < 1.29 is 9.59 Å². The first-order chi connectivity index (χ1) is 12.4. The summed E-state index contributed by atoms with van der Waals surface area (Å²) >= 11 is 0. The smallest absolute Gasteiger partial charge is 0.248 e. The van der Waals surface area contributed by atoms with Crippen LogP contribution in [-0.2, 0) is 9.59 Å². The van der Waals surface area contributed by atoms with Crippen LogP contribution in [0.2, 0.25) is 0 Å².